The summed E-state index contributed by atoms with van der Waals surface area (Å²) in [5.74, 6) is 1.01. The van der Waals surface area contributed by atoms with Crippen molar-refractivity contribution in [2.24, 2.45) is 22.7 Å². The molecule has 0 aromatic heterocycles. The SMILES string of the molecule is CC(C)CCOC(=O)NC1CC(C)(C)CC(C)(C(CCC(C)C)NC(=O)O)C1. The van der Waals surface area contributed by atoms with E-state index in [1.54, 1.807) is 0 Å². The molecule has 0 aliphatic heterocycles. The molecule has 28 heavy (non-hydrogen) atoms. The molecule has 1 aliphatic carbocycles. The van der Waals surface area contributed by atoms with Crippen LogP contribution in [0.25, 0.3) is 0 Å². The van der Waals surface area contributed by atoms with Gasteiger partial charge in [0.1, 0.15) is 0 Å². The number of carbonyl (C=O) groups excluding carboxylic acids is 1. The summed E-state index contributed by atoms with van der Waals surface area (Å²) >= 11 is 0. The topological polar surface area (TPSA) is 87.7 Å². The second kappa shape index (κ2) is 10.4. The van der Waals surface area contributed by atoms with E-state index in [2.05, 4.69) is 59.1 Å². The number of carboxylic acid groups (broad SMARTS) is 1. The highest BCUT2D eigenvalue weighted by molar-refractivity contribution is 5.67. The van der Waals surface area contributed by atoms with Crippen molar-refractivity contribution in [3.8, 4) is 0 Å². The minimum atomic E-state index is -0.976. The van der Waals surface area contributed by atoms with Crippen LogP contribution in [0.2, 0.25) is 0 Å². The number of ether oxygens (including phenoxy) is 1. The molecule has 3 atom stereocenters. The highest BCUT2D eigenvalue weighted by Crippen LogP contribution is 2.49. The van der Waals surface area contributed by atoms with Crippen molar-refractivity contribution in [2.75, 3.05) is 6.61 Å². The lowest BCUT2D eigenvalue weighted by atomic mass is 9.59. The van der Waals surface area contributed by atoms with E-state index in [0.29, 0.717) is 18.4 Å². The zero-order valence-corrected chi connectivity index (χ0v) is 18.9. The Hall–Kier alpha value is -1.46. The second-order valence-electron chi connectivity index (χ2n) is 10.5. The molecular weight excluding hydrogens is 356 g/mol. The number of amides is 2. The zero-order chi connectivity index (χ0) is 21.5. The van der Waals surface area contributed by atoms with Gasteiger partial charge in [-0.2, -0.15) is 0 Å². The third-order valence-electron chi connectivity index (χ3n) is 5.82. The molecular formula is C22H42N2O4. The van der Waals surface area contributed by atoms with Crippen LogP contribution in [0.3, 0.4) is 0 Å². The highest BCUT2D eigenvalue weighted by atomic mass is 16.5. The van der Waals surface area contributed by atoms with E-state index in [-0.39, 0.29) is 29.0 Å². The molecule has 0 saturated heterocycles. The molecule has 6 heteroatoms. The van der Waals surface area contributed by atoms with Gasteiger partial charge in [0.25, 0.3) is 0 Å². The number of hydrogen-bond donors (Lipinski definition) is 3. The summed E-state index contributed by atoms with van der Waals surface area (Å²) in [5.41, 5.74) is -0.204. The monoisotopic (exact) mass is 398 g/mol. The number of hydrogen-bond acceptors (Lipinski definition) is 3. The van der Waals surface area contributed by atoms with Crippen LogP contribution in [0.4, 0.5) is 9.59 Å². The molecule has 1 rings (SSSR count). The molecule has 0 aromatic carbocycles. The second-order valence-corrected chi connectivity index (χ2v) is 10.5. The van der Waals surface area contributed by atoms with Gasteiger partial charge in [-0.3, -0.25) is 0 Å². The minimum Gasteiger partial charge on any atom is -0.465 e. The van der Waals surface area contributed by atoms with Gasteiger partial charge in [0, 0.05) is 12.1 Å². The van der Waals surface area contributed by atoms with Crippen molar-refractivity contribution in [1.29, 1.82) is 0 Å². The van der Waals surface area contributed by atoms with E-state index in [4.69, 9.17) is 4.74 Å². The lowest BCUT2D eigenvalue weighted by molar-refractivity contribution is 0.0326. The van der Waals surface area contributed by atoms with Crippen molar-refractivity contribution in [3.63, 3.8) is 0 Å². The summed E-state index contributed by atoms with van der Waals surface area (Å²) in [6.07, 6.45) is 3.82. The molecule has 0 bridgehead atoms. The van der Waals surface area contributed by atoms with Gasteiger partial charge >= 0.3 is 12.2 Å². The van der Waals surface area contributed by atoms with Crippen LogP contribution in [-0.2, 0) is 4.74 Å². The number of alkyl carbamates (subject to hydrolysis) is 1. The van der Waals surface area contributed by atoms with Crippen molar-refractivity contribution in [2.45, 2.75) is 99.1 Å². The van der Waals surface area contributed by atoms with Gasteiger partial charge in [-0.1, -0.05) is 48.5 Å². The molecule has 2 amide bonds. The van der Waals surface area contributed by atoms with E-state index in [9.17, 15) is 14.7 Å². The first-order chi connectivity index (χ1) is 12.8. The maximum Gasteiger partial charge on any atom is 0.407 e. The minimum absolute atomic E-state index is 0.0130. The summed E-state index contributed by atoms with van der Waals surface area (Å²) in [4.78, 5) is 23.7. The van der Waals surface area contributed by atoms with E-state index in [0.717, 1.165) is 38.5 Å². The van der Waals surface area contributed by atoms with Crippen LogP contribution in [0, 0.1) is 22.7 Å². The Labute approximate surface area is 171 Å². The van der Waals surface area contributed by atoms with Gasteiger partial charge < -0.3 is 20.5 Å². The van der Waals surface area contributed by atoms with E-state index < -0.39 is 6.09 Å². The maximum absolute atomic E-state index is 12.2. The molecule has 0 aromatic rings. The van der Waals surface area contributed by atoms with Crippen LogP contribution in [0.5, 0.6) is 0 Å². The van der Waals surface area contributed by atoms with Gasteiger partial charge in [0.2, 0.25) is 0 Å². The zero-order valence-electron chi connectivity index (χ0n) is 18.9. The van der Waals surface area contributed by atoms with Crippen LogP contribution in [-0.4, -0.2) is 36.0 Å². The van der Waals surface area contributed by atoms with Crippen LogP contribution >= 0.6 is 0 Å². The smallest absolute Gasteiger partial charge is 0.407 e. The molecule has 3 unspecified atom stereocenters. The Morgan fingerprint density at radius 1 is 1.04 bits per heavy atom. The van der Waals surface area contributed by atoms with Gasteiger partial charge in [-0.15, -0.1) is 0 Å². The molecule has 0 radical (unpaired) electrons. The Bertz CT molecular complexity index is 519. The fraction of sp³-hybridized carbons (Fsp3) is 0.909. The maximum atomic E-state index is 12.2. The third-order valence-corrected chi connectivity index (χ3v) is 5.82. The Kier molecular flexibility index (Phi) is 9.09. The summed E-state index contributed by atoms with van der Waals surface area (Å²) < 4.78 is 5.34. The van der Waals surface area contributed by atoms with E-state index in [1.807, 2.05) is 0 Å². The average Bonchev–Trinajstić information content (AvgIpc) is 2.48. The van der Waals surface area contributed by atoms with Crippen LogP contribution < -0.4 is 10.6 Å². The van der Waals surface area contributed by atoms with Crippen molar-refractivity contribution < 1.29 is 19.4 Å². The van der Waals surface area contributed by atoms with Gasteiger partial charge in [-0.25, -0.2) is 9.59 Å². The third kappa shape index (κ3) is 8.70. The molecule has 3 N–H and O–H groups in total. The van der Waals surface area contributed by atoms with Crippen LogP contribution in [0.15, 0.2) is 0 Å². The molecule has 0 heterocycles. The summed E-state index contributed by atoms with van der Waals surface area (Å²) in [6.45, 7) is 15.5. The highest BCUT2D eigenvalue weighted by Gasteiger charge is 2.46. The number of carbonyl (C=O) groups is 2. The van der Waals surface area contributed by atoms with Gasteiger partial charge in [0.05, 0.1) is 6.61 Å². The Morgan fingerprint density at radius 3 is 2.18 bits per heavy atom. The first kappa shape index (κ1) is 24.6. The van der Waals surface area contributed by atoms with Gasteiger partial charge in [-0.05, 0) is 61.2 Å². The lowest BCUT2D eigenvalue weighted by Crippen LogP contribution is -2.55. The van der Waals surface area contributed by atoms with E-state index >= 15 is 0 Å². The standard InChI is InChI=1S/C22H42N2O4/c1-15(2)8-9-18(24-19(25)26)22(7)13-17(12-21(5,6)14-22)23-20(27)28-11-10-16(3)4/h15-18,24H,8-14H2,1-7H3,(H,23,27)(H,25,26). The van der Waals surface area contributed by atoms with Crippen molar-refractivity contribution in [3.05, 3.63) is 0 Å². The molecule has 1 fully saturated rings. The quantitative estimate of drug-likeness (QED) is 0.484. The molecule has 1 aliphatic rings. The summed E-state index contributed by atoms with van der Waals surface area (Å²) in [6, 6.07) is -0.148. The van der Waals surface area contributed by atoms with Crippen molar-refractivity contribution >= 4 is 12.2 Å². The van der Waals surface area contributed by atoms with E-state index in [1.165, 1.54) is 0 Å². The molecule has 1 saturated carbocycles. The van der Waals surface area contributed by atoms with Crippen LogP contribution in [0.1, 0.15) is 87.0 Å². The first-order valence-electron chi connectivity index (χ1n) is 10.8. The Balaban J connectivity index is 2.84. The average molecular weight is 399 g/mol. The van der Waals surface area contributed by atoms with Gasteiger partial charge in [0.15, 0.2) is 0 Å². The molecule has 0 spiro atoms. The number of nitrogens with one attached hydrogen (secondary N) is 2. The largest absolute Gasteiger partial charge is 0.465 e. The predicted octanol–water partition coefficient (Wildman–Crippen LogP) is 5.42. The predicted molar refractivity (Wildman–Crippen MR) is 112 cm³/mol. The van der Waals surface area contributed by atoms with Crippen molar-refractivity contribution in [1.82, 2.24) is 10.6 Å². The number of rotatable bonds is 9. The fourth-order valence-corrected chi connectivity index (χ4v) is 4.75. The molecule has 6 nitrogen and oxygen atoms in total. The Morgan fingerprint density at radius 2 is 1.64 bits per heavy atom. The molecule has 164 valence electrons. The lowest BCUT2D eigenvalue weighted by Gasteiger charge is -2.50. The summed E-state index contributed by atoms with van der Waals surface area (Å²) in [7, 11) is 0. The first-order valence-corrected chi connectivity index (χ1v) is 10.8. The summed E-state index contributed by atoms with van der Waals surface area (Å²) in [5, 5.41) is 15.2. The fourth-order valence-electron chi connectivity index (χ4n) is 4.75. The normalized spacial score (nSPS) is 25.4.